The summed E-state index contributed by atoms with van der Waals surface area (Å²) in [7, 11) is 1.55. The second kappa shape index (κ2) is 5.75. The van der Waals surface area contributed by atoms with E-state index in [0.717, 1.165) is 0 Å². The largest absolute Gasteiger partial charge is 0.450 e. The van der Waals surface area contributed by atoms with Crippen LogP contribution in [0.3, 0.4) is 0 Å². The number of ketones is 1. The van der Waals surface area contributed by atoms with Gasteiger partial charge in [0, 0.05) is 12.5 Å². The second-order valence-electron chi connectivity index (χ2n) is 3.74. The number of carbonyl (C=O) groups excluding carboxylic acids is 1. The molecular formula is C13H13FO4. The van der Waals surface area contributed by atoms with Crippen LogP contribution in [0, 0.1) is 5.82 Å². The summed E-state index contributed by atoms with van der Waals surface area (Å²) in [5.41, 5.74) is 0.0951. The third kappa shape index (κ3) is 2.75. The first kappa shape index (κ1) is 12.7. The number of benzene rings is 1. The molecule has 0 saturated carbocycles. The molecule has 0 aliphatic heterocycles. The monoisotopic (exact) mass is 252 g/mol. The standard InChI is InChI=1S/C13H13FO4/c1-16-5-6-17-8-11(15)12-7-9-3-2-4-10(14)13(9)18-12/h2-4,7H,5-6,8H2,1H3. The Morgan fingerprint density at radius 1 is 1.39 bits per heavy atom. The lowest BCUT2D eigenvalue weighted by molar-refractivity contribution is 0.0559. The summed E-state index contributed by atoms with van der Waals surface area (Å²) in [6.07, 6.45) is 0. The van der Waals surface area contributed by atoms with Gasteiger partial charge in [-0.3, -0.25) is 4.79 Å². The smallest absolute Gasteiger partial charge is 0.223 e. The van der Waals surface area contributed by atoms with Crippen LogP contribution >= 0.6 is 0 Å². The van der Waals surface area contributed by atoms with Crippen molar-refractivity contribution in [1.29, 1.82) is 0 Å². The van der Waals surface area contributed by atoms with Crippen molar-refractivity contribution >= 4 is 16.8 Å². The van der Waals surface area contributed by atoms with Crippen molar-refractivity contribution in [2.75, 3.05) is 26.9 Å². The van der Waals surface area contributed by atoms with Crippen LogP contribution in [0.1, 0.15) is 10.6 Å². The second-order valence-corrected chi connectivity index (χ2v) is 3.74. The fourth-order valence-corrected chi connectivity index (χ4v) is 1.54. The first-order valence-corrected chi connectivity index (χ1v) is 5.50. The number of fused-ring (bicyclic) bond motifs is 1. The molecule has 0 atom stereocenters. The van der Waals surface area contributed by atoms with Crippen LogP contribution in [0.5, 0.6) is 0 Å². The van der Waals surface area contributed by atoms with Gasteiger partial charge in [0.15, 0.2) is 17.2 Å². The van der Waals surface area contributed by atoms with Gasteiger partial charge in [0.05, 0.1) is 13.2 Å². The Kier molecular flexibility index (Phi) is 4.07. The third-order valence-electron chi connectivity index (χ3n) is 2.44. The molecule has 0 spiro atoms. The molecule has 0 radical (unpaired) electrons. The molecule has 0 bridgehead atoms. The van der Waals surface area contributed by atoms with E-state index in [4.69, 9.17) is 13.9 Å². The summed E-state index contributed by atoms with van der Waals surface area (Å²) in [6, 6.07) is 6.05. The fraction of sp³-hybridized carbons (Fsp3) is 0.308. The maximum Gasteiger partial charge on any atom is 0.223 e. The van der Waals surface area contributed by atoms with Crippen molar-refractivity contribution in [1.82, 2.24) is 0 Å². The molecule has 5 heteroatoms. The van der Waals surface area contributed by atoms with E-state index in [1.54, 1.807) is 19.2 Å². The van der Waals surface area contributed by atoms with Gasteiger partial charge in [-0.2, -0.15) is 0 Å². The van der Waals surface area contributed by atoms with E-state index in [1.165, 1.54) is 12.1 Å². The Morgan fingerprint density at radius 2 is 2.22 bits per heavy atom. The molecule has 0 N–H and O–H groups in total. The Bertz CT molecular complexity index is 547. The van der Waals surface area contributed by atoms with Crippen molar-refractivity contribution in [3.05, 3.63) is 35.8 Å². The van der Waals surface area contributed by atoms with Crippen molar-refractivity contribution in [3.8, 4) is 0 Å². The minimum absolute atomic E-state index is 0.0951. The highest BCUT2D eigenvalue weighted by Crippen LogP contribution is 2.22. The Balaban J connectivity index is 2.06. The maximum atomic E-state index is 13.4. The zero-order chi connectivity index (χ0) is 13.0. The van der Waals surface area contributed by atoms with Crippen LogP contribution in [0.25, 0.3) is 11.0 Å². The first-order valence-electron chi connectivity index (χ1n) is 5.50. The van der Waals surface area contributed by atoms with Gasteiger partial charge in [-0.05, 0) is 12.1 Å². The summed E-state index contributed by atoms with van der Waals surface area (Å²) in [5.74, 6) is -0.693. The van der Waals surface area contributed by atoms with Crippen LogP contribution in [-0.2, 0) is 9.47 Å². The molecule has 0 fully saturated rings. The van der Waals surface area contributed by atoms with Gasteiger partial charge in [-0.1, -0.05) is 12.1 Å². The number of furan rings is 1. The maximum absolute atomic E-state index is 13.4. The molecule has 1 aromatic heterocycles. The number of rotatable bonds is 6. The minimum atomic E-state index is -0.480. The third-order valence-corrected chi connectivity index (χ3v) is 2.44. The first-order chi connectivity index (χ1) is 8.72. The van der Waals surface area contributed by atoms with E-state index in [1.807, 2.05) is 0 Å². The van der Waals surface area contributed by atoms with E-state index in [-0.39, 0.29) is 23.7 Å². The average Bonchev–Trinajstić information content (AvgIpc) is 2.80. The number of methoxy groups -OCH3 is 1. The lowest BCUT2D eigenvalue weighted by Gasteiger charge is -2.00. The molecular weight excluding hydrogens is 239 g/mol. The molecule has 0 amide bonds. The van der Waals surface area contributed by atoms with Gasteiger partial charge in [-0.25, -0.2) is 4.39 Å². The highest BCUT2D eigenvalue weighted by atomic mass is 19.1. The molecule has 0 unspecified atom stereocenters. The summed E-state index contributed by atoms with van der Waals surface area (Å²) in [5, 5.41) is 0.565. The molecule has 2 aromatic rings. The molecule has 0 aliphatic carbocycles. The SMILES string of the molecule is COCCOCC(=O)c1cc2cccc(F)c2o1. The van der Waals surface area contributed by atoms with Gasteiger partial charge >= 0.3 is 0 Å². The van der Waals surface area contributed by atoms with Gasteiger partial charge in [-0.15, -0.1) is 0 Å². The minimum Gasteiger partial charge on any atom is -0.450 e. The number of ether oxygens (including phenoxy) is 2. The Hall–Kier alpha value is -1.72. The van der Waals surface area contributed by atoms with Crippen LogP contribution < -0.4 is 0 Å². The lowest BCUT2D eigenvalue weighted by atomic mass is 10.2. The van der Waals surface area contributed by atoms with Crippen molar-refractivity contribution in [2.45, 2.75) is 0 Å². The molecule has 2 rings (SSSR count). The van der Waals surface area contributed by atoms with Gasteiger partial charge in [0.25, 0.3) is 0 Å². The quantitative estimate of drug-likeness (QED) is 0.585. The predicted octanol–water partition coefficient (Wildman–Crippen LogP) is 2.42. The summed E-state index contributed by atoms with van der Waals surface area (Å²) in [4.78, 5) is 11.7. The number of hydrogen-bond acceptors (Lipinski definition) is 4. The number of halogens is 1. The van der Waals surface area contributed by atoms with E-state index in [0.29, 0.717) is 18.6 Å². The van der Waals surface area contributed by atoms with Gasteiger partial charge in [0.1, 0.15) is 6.61 Å². The van der Waals surface area contributed by atoms with E-state index in [9.17, 15) is 9.18 Å². The van der Waals surface area contributed by atoms with Crippen LogP contribution in [0.15, 0.2) is 28.7 Å². The molecule has 18 heavy (non-hydrogen) atoms. The normalized spacial score (nSPS) is 11.0. The van der Waals surface area contributed by atoms with Gasteiger partial charge < -0.3 is 13.9 Å². The zero-order valence-corrected chi connectivity index (χ0v) is 9.94. The Morgan fingerprint density at radius 3 is 2.94 bits per heavy atom. The summed E-state index contributed by atoms with van der Waals surface area (Å²) >= 11 is 0. The number of carbonyl (C=O) groups is 1. The van der Waals surface area contributed by atoms with E-state index < -0.39 is 5.82 Å². The summed E-state index contributed by atoms with van der Waals surface area (Å²) in [6.45, 7) is 0.643. The van der Waals surface area contributed by atoms with Crippen LogP contribution in [-0.4, -0.2) is 32.7 Å². The van der Waals surface area contributed by atoms with Crippen LogP contribution in [0.4, 0.5) is 4.39 Å². The molecule has 96 valence electrons. The highest BCUT2D eigenvalue weighted by molar-refractivity contribution is 5.98. The highest BCUT2D eigenvalue weighted by Gasteiger charge is 2.14. The molecule has 1 heterocycles. The van der Waals surface area contributed by atoms with Crippen molar-refractivity contribution in [3.63, 3.8) is 0 Å². The van der Waals surface area contributed by atoms with Gasteiger partial charge in [0.2, 0.25) is 5.78 Å². The molecule has 1 aromatic carbocycles. The van der Waals surface area contributed by atoms with E-state index >= 15 is 0 Å². The number of para-hydroxylation sites is 1. The molecule has 0 aliphatic rings. The number of Topliss-reactive ketones (excluding diaryl/α,β-unsaturated/α-hetero) is 1. The molecule has 0 saturated heterocycles. The average molecular weight is 252 g/mol. The van der Waals surface area contributed by atoms with E-state index in [2.05, 4.69) is 0 Å². The van der Waals surface area contributed by atoms with Crippen molar-refractivity contribution in [2.24, 2.45) is 0 Å². The van der Waals surface area contributed by atoms with Crippen LogP contribution in [0.2, 0.25) is 0 Å². The summed E-state index contributed by atoms with van der Waals surface area (Å²) < 4.78 is 28.4. The number of hydrogen-bond donors (Lipinski definition) is 0. The topological polar surface area (TPSA) is 48.7 Å². The lowest BCUT2D eigenvalue weighted by Crippen LogP contribution is -2.11. The Labute approximate surface area is 103 Å². The zero-order valence-electron chi connectivity index (χ0n) is 9.94. The van der Waals surface area contributed by atoms with Crippen molar-refractivity contribution < 1.29 is 23.1 Å². The fourth-order valence-electron chi connectivity index (χ4n) is 1.54. The molecule has 4 nitrogen and oxygen atoms in total. The predicted molar refractivity (Wildman–Crippen MR) is 63.2 cm³/mol.